The Balaban J connectivity index is 0.000000291. The van der Waals surface area contributed by atoms with Crippen LogP contribution in [-0.4, -0.2) is 4.66 Å². The van der Waals surface area contributed by atoms with Crippen molar-refractivity contribution in [2.75, 3.05) is 0 Å². The number of hydrogen-bond donors (Lipinski definition) is 1. The van der Waals surface area contributed by atoms with Crippen molar-refractivity contribution >= 4 is 11.9 Å². The average molecular weight is 145 g/mol. The molecule has 2 heteroatoms. The maximum atomic E-state index is 6.47. The maximum Gasteiger partial charge on any atom is 0.0579 e. The van der Waals surface area contributed by atoms with E-state index < -0.39 is 0 Å². The monoisotopic (exact) mass is 144 g/mol. The van der Waals surface area contributed by atoms with Crippen LogP contribution in [0.2, 0.25) is 0 Å². The quantitative estimate of drug-likeness (QED) is 0.592. The van der Waals surface area contributed by atoms with Crippen molar-refractivity contribution < 1.29 is 4.66 Å². The van der Waals surface area contributed by atoms with Crippen LogP contribution in [0, 0.1) is 6.92 Å². The van der Waals surface area contributed by atoms with Gasteiger partial charge in [0.15, 0.2) is 0 Å². The summed E-state index contributed by atoms with van der Waals surface area (Å²) in [6, 6.07) is 10.3. The van der Waals surface area contributed by atoms with Gasteiger partial charge in [-0.05, 0) is 6.92 Å². The van der Waals surface area contributed by atoms with E-state index in [9.17, 15) is 0 Å². The Labute approximate surface area is 60.1 Å². The van der Waals surface area contributed by atoms with Crippen LogP contribution in [0.4, 0.5) is 0 Å². The number of halogens is 1. The lowest BCUT2D eigenvalue weighted by Crippen LogP contribution is -1.62. The van der Waals surface area contributed by atoms with Crippen molar-refractivity contribution in [3.63, 3.8) is 0 Å². The third kappa shape index (κ3) is 4.01. The molecule has 50 valence electrons. The van der Waals surface area contributed by atoms with E-state index in [0.29, 0.717) is 0 Å². The molecule has 0 saturated carbocycles. The molecule has 1 aromatic carbocycles. The minimum Gasteiger partial charge on any atom is -0.295 e. The molecule has 1 rings (SSSR count). The Bertz CT molecular complexity index is 139. The molecule has 0 aliphatic carbocycles. The zero-order valence-electron chi connectivity index (χ0n) is 5.21. The fourth-order valence-corrected chi connectivity index (χ4v) is 0.534. The van der Waals surface area contributed by atoms with Gasteiger partial charge in [0.1, 0.15) is 0 Å². The lowest BCUT2D eigenvalue weighted by Gasteiger charge is -1.82. The number of rotatable bonds is 0. The van der Waals surface area contributed by atoms with Crippen LogP contribution in [0.15, 0.2) is 30.3 Å². The molecule has 0 heterocycles. The molecule has 0 spiro atoms. The number of benzene rings is 1. The Morgan fingerprint density at radius 1 is 1.11 bits per heavy atom. The second-order valence-electron chi connectivity index (χ2n) is 1.65. The van der Waals surface area contributed by atoms with E-state index in [1.165, 1.54) is 5.56 Å². The molecule has 0 bridgehead atoms. The van der Waals surface area contributed by atoms with Gasteiger partial charge in [-0.25, -0.2) is 0 Å². The van der Waals surface area contributed by atoms with Crippen molar-refractivity contribution in [3.05, 3.63) is 35.9 Å². The van der Waals surface area contributed by atoms with E-state index in [1.54, 1.807) is 0 Å². The zero-order chi connectivity index (χ0) is 7.11. The third-order valence-electron chi connectivity index (χ3n) is 0.940. The predicted molar refractivity (Wildman–Crippen MR) is 39.3 cm³/mol. The molecule has 0 atom stereocenters. The van der Waals surface area contributed by atoms with Crippen LogP contribution in [-0.2, 0) is 0 Å². The minimum atomic E-state index is 1.32. The Morgan fingerprint density at radius 2 is 1.56 bits per heavy atom. The van der Waals surface area contributed by atoms with Crippen LogP contribution in [0.3, 0.4) is 0 Å². The fourth-order valence-electron chi connectivity index (χ4n) is 0.534. The highest BCUT2D eigenvalue weighted by Crippen LogP contribution is 1.92. The largest absolute Gasteiger partial charge is 0.295 e. The molecule has 0 saturated heterocycles. The van der Waals surface area contributed by atoms with Crippen LogP contribution in [0.5, 0.6) is 0 Å². The third-order valence-corrected chi connectivity index (χ3v) is 0.940. The van der Waals surface area contributed by atoms with E-state index in [0.717, 1.165) is 0 Å². The summed E-state index contributed by atoms with van der Waals surface area (Å²) in [6.07, 6.45) is 0. The molecule has 1 nitrogen and oxygen atoms in total. The molecule has 1 N–H and O–H groups in total. The van der Waals surface area contributed by atoms with Crippen molar-refractivity contribution in [2.24, 2.45) is 0 Å². The van der Waals surface area contributed by atoms with Gasteiger partial charge in [0.25, 0.3) is 0 Å². The maximum absolute atomic E-state index is 6.47. The van der Waals surface area contributed by atoms with Gasteiger partial charge < -0.3 is 0 Å². The summed E-state index contributed by atoms with van der Waals surface area (Å²) in [6.45, 7) is 2.08. The fraction of sp³-hybridized carbons (Fsp3) is 0.143. The Morgan fingerprint density at radius 3 is 1.78 bits per heavy atom. The topological polar surface area (TPSA) is 20.2 Å². The van der Waals surface area contributed by atoms with E-state index >= 15 is 0 Å². The highest BCUT2D eigenvalue weighted by molar-refractivity contribution is 6.04. The van der Waals surface area contributed by atoms with Crippen LogP contribution in [0.1, 0.15) is 5.56 Å². The normalized spacial score (nSPS) is 7.44. The van der Waals surface area contributed by atoms with Crippen LogP contribution in [0.25, 0.3) is 0 Å². The standard InChI is InChI=1S/C7H8.ClHO/c1-7-5-3-2-4-6-7;1-2/h2-6H,1H3;2H. The van der Waals surface area contributed by atoms with Gasteiger partial charge in [0.2, 0.25) is 0 Å². The van der Waals surface area contributed by atoms with E-state index in [2.05, 4.69) is 30.9 Å². The SMILES string of the molecule is Cc1ccccc1.OCl. The smallest absolute Gasteiger partial charge is 0.0579 e. The molecule has 1 aromatic rings. The lowest BCUT2D eigenvalue weighted by atomic mass is 10.2. The number of hydrogen-bond acceptors (Lipinski definition) is 1. The highest BCUT2D eigenvalue weighted by atomic mass is 35.5. The zero-order valence-corrected chi connectivity index (χ0v) is 5.97. The van der Waals surface area contributed by atoms with Crippen molar-refractivity contribution in [3.8, 4) is 0 Å². The van der Waals surface area contributed by atoms with E-state index in [1.807, 2.05) is 18.2 Å². The van der Waals surface area contributed by atoms with Crippen LogP contribution >= 0.6 is 11.9 Å². The molecule has 0 unspecified atom stereocenters. The molecule has 0 aliphatic rings. The summed E-state index contributed by atoms with van der Waals surface area (Å²) in [7, 11) is 0. The van der Waals surface area contributed by atoms with Gasteiger partial charge in [0.05, 0.1) is 11.9 Å². The Hall–Kier alpha value is -0.530. The van der Waals surface area contributed by atoms with Gasteiger partial charge in [0, 0.05) is 0 Å². The molecule has 0 aromatic heterocycles. The van der Waals surface area contributed by atoms with Gasteiger partial charge in [-0.2, -0.15) is 0 Å². The predicted octanol–water partition coefficient (Wildman–Crippen LogP) is 2.13. The van der Waals surface area contributed by atoms with E-state index in [4.69, 9.17) is 4.66 Å². The summed E-state index contributed by atoms with van der Waals surface area (Å²) in [5.41, 5.74) is 1.32. The van der Waals surface area contributed by atoms with Gasteiger partial charge in [-0.3, -0.25) is 4.66 Å². The van der Waals surface area contributed by atoms with Crippen LogP contribution < -0.4 is 0 Å². The molecule has 0 radical (unpaired) electrons. The summed E-state index contributed by atoms with van der Waals surface area (Å²) in [5, 5.41) is 0. The van der Waals surface area contributed by atoms with Crippen molar-refractivity contribution in [1.29, 1.82) is 0 Å². The van der Waals surface area contributed by atoms with Gasteiger partial charge >= 0.3 is 0 Å². The minimum absolute atomic E-state index is 1.32. The lowest BCUT2D eigenvalue weighted by molar-refractivity contribution is 0.632. The molecule has 0 amide bonds. The second kappa shape index (κ2) is 5.60. The highest BCUT2D eigenvalue weighted by Gasteiger charge is 1.72. The molecular formula is C7H9ClO. The Kier molecular flexibility index (Phi) is 5.27. The summed E-state index contributed by atoms with van der Waals surface area (Å²) in [4.78, 5) is 0. The first kappa shape index (κ1) is 8.47. The summed E-state index contributed by atoms with van der Waals surface area (Å²) < 4.78 is 6.47. The van der Waals surface area contributed by atoms with E-state index in [-0.39, 0.29) is 0 Å². The average Bonchev–Trinajstić information content (AvgIpc) is 1.94. The van der Waals surface area contributed by atoms with Crippen molar-refractivity contribution in [2.45, 2.75) is 6.92 Å². The first-order valence-electron chi connectivity index (χ1n) is 2.58. The summed E-state index contributed by atoms with van der Waals surface area (Å²) >= 11 is 3.64. The number of aryl methyl sites for hydroxylation is 1. The first-order chi connectivity index (χ1) is 4.39. The molecule has 0 aliphatic heterocycles. The second-order valence-corrected chi connectivity index (χ2v) is 1.65. The molecule has 9 heavy (non-hydrogen) atoms. The first-order valence-corrected chi connectivity index (χ1v) is 2.92. The van der Waals surface area contributed by atoms with Gasteiger partial charge in [-0.15, -0.1) is 0 Å². The molecular weight excluding hydrogens is 136 g/mol. The van der Waals surface area contributed by atoms with Gasteiger partial charge in [-0.1, -0.05) is 35.9 Å². The summed E-state index contributed by atoms with van der Waals surface area (Å²) in [5.74, 6) is 0. The molecule has 0 fully saturated rings. The van der Waals surface area contributed by atoms with Crippen molar-refractivity contribution in [1.82, 2.24) is 0 Å².